The number of urea groups is 1. The summed E-state index contributed by atoms with van der Waals surface area (Å²) in [4.78, 5) is 22.2. The highest BCUT2D eigenvalue weighted by molar-refractivity contribution is 5.93. The van der Waals surface area contributed by atoms with Gasteiger partial charge in [0.2, 0.25) is 0 Å². The number of aromatic carboxylic acids is 1. The van der Waals surface area contributed by atoms with Crippen LogP contribution < -0.4 is 10.6 Å². The number of amides is 2. The Kier molecular flexibility index (Phi) is 4.92. The van der Waals surface area contributed by atoms with E-state index in [9.17, 15) is 9.59 Å². The molecule has 1 aromatic carbocycles. The van der Waals surface area contributed by atoms with Crippen molar-refractivity contribution in [2.24, 2.45) is 0 Å². The summed E-state index contributed by atoms with van der Waals surface area (Å²) in [5, 5.41) is 14.0. The number of hydrogen-bond acceptors (Lipinski definition) is 2. The zero-order valence-corrected chi connectivity index (χ0v) is 10.4. The summed E-state index contributed by atoms with van der Waals surface area (Å²) in [6, 6.07) is 5.72. The molecule has 0 fully saturated rings. The van der Waals surface area contributed by atoms with Crippen LogP contribution in [0.2, 0.25) is 0 Å². The molecule has 96 valence electrons. The van der Waals surface area contributed by atoms with E-state index >= 15 is 0 Å². The first-order valence-corrected chi connectivity index (χ1v) is 5.50. The smallest absolute Gasteiger partial charge is 0.335 e. The molecule has 2 amide bonds. The molecular formula is C13H16N2O3. The molecular weight excluding hydrogens is 232 g/mol. The Hall–Kier alpha value is -2.30. The third-order valence-corrected chi connectivity index (χ3v) is 2.14. The van der Waals surface area contributed by atoms with E-state index in [2.05, 4.69) is 10.6 Å². The van der Waals surface area contributed by atoms with Crippen LogP contribution in [0.15, 0.2) is 35.9 Å². The van der Waals surface area contributed by atoms with E-state index in [1.165, 1.54) is 12.1 Å². The second-order valence-corrected chi connectivity index (χ2v) is 4.00. The second kappa shape index (κ2) is 6.44. The maximum absolute atomic E-state index is 11.5. The van der Waals surface area contributed by atoms with E-state index in [1.807, 2.05) is 19.9 Å². The van der Waals surface area contributed by atoms with Crippen molar-refractivity contribution in [2.45, 2.75) is 13.8 Å². The molecule has 0 unspecified atom stereocenters. The number of carboxylic acid groups (broad SMARTS) is 1. The second-order valence-electron chi connectivity index (χ2n) is 4.00. The fourth-order valence-electron chi connectivity index (χ4n) is 1.25. The van der Waals surface area contributed by atoms with Gasteiger partial charge in [0.15, 0.2) is 0 Å². The number of allylic oxidation sites excluding steroid dienone is 1. The zero-order valence-electron chi connectivity index (χ0n) is 10.4. The molecule has 0 bridgehead atoms. The first-order valence-electron chi connectivity index (χ1n) is 5.50. The maximum Gasteiger partial charge on any atom is 0.335 e. The van der Waals surface area contributed by atoms with Gasteiger partial charge in [0.05, 0.1) is 5.56 Å². The Morgan fingerprint density at radius 1 is 1.33 bits per heavy atom. The third-order valence-electron chi connectivity index (χ3n) is 2.14. The lowest BCUT2D eigenvalue weighted by atomic mass is 10.2. The predicted molar refractivity (Wildman–Crippen MR) is 69.9 cm³/mol. The number of carbonyl (C=O) groups excluding carboxylic acids is 1. The van der Waals surface area contributed by atoms with Crippen molar-refractivity contribution in [2.75, 3.05) is 11.9 Å². The Bertz CT molecular complexity index is 477. The highest BCUT2D eigenvalue weighted by Crippen LogP contribution is 2.10. The zero-order chi connectivity index (χ0) is 13.5. The molecule has 5 heteroatoms. The molecule has 0 spiro atoms. The average Bonchev–Trinajstić information content (AvgIpc) is 2.28. The minimum absolute atomic E-state index is 0.136. The Morgan fingerprint density at radius 3 is 2.67 bits per heavy atom. The van der Waals surface area contributed by atoms with E-state index in [4.69, 9.17) is 5.11 Å². The Balaban J connectivity index is 2.56. The molecule has 18 heavy (non-hydrogen) atoms. The van der Waals surface area contributed by atoms with Crippen LogP contribution in [-0.2, 0) is 0 Å². The SMILES string of the molecule is CC(C)=CCNC(=O)Nc1cccc(C(=O)O)c1. The number of hydrogen-bond donors (Lipinski definition) is 3. The van der Waals surface area contributed by atoms with Gasteiger partial charge in [-0.25, -0.2) is 9.59 Å². The van der Waals surface area contributed by atoms with Gasteiger partial charge in [-0.15, -0.1) is 0 Å². The van der Waals surface area contributed by atoms with Crippen LogP contribution in [0.5, 0.6) is 0 Å². The molecule has 0 aliphatic carbocycles. The minimum atomic E-state index is -1.02. The molecule has 0 radical (unpaired) electrons. The molecule has 0 saturated carbocycles. The number of carbonyl (C=O) groups is 2. The van der Waals surface area contributed by atoms with Gasteiger partial charge in [-0.1, -0.05) is 17.7 Å². The lowest BCUT2D eigenvalue weighted by Crippen LogP contribution is -2.28. The van der Waals surface area contributed by atoms with Gasteiger partial charge in [0, 0.05) is 12.2 Å². The fourth-order valence-corrected chi connectivity index (χ4v) is 1.25. The molecule has 1 rings (SSSR count). The van der Waals surface area contributed by atoms with Crippen LogP contribution >= 0.6 is 0 Å². The van der Waals surface area contributed by atoms with Gasteiger partial charge >= 0.3 is 12.0 Å². The summed E-state index contributed by atoms with van der Waals surface area (Å²) in [6.07, 6.45) is 1.88. The summed E-state index contributed by atoms with van der Waals surface area (Å²) >= 11 is 0. The van der Waals surface area contributed by atoms with Crippen molar-refractivity contribution in [3.05, 3.63) is 41.5 Å². The quantitative estimate of drug-likeness (QED) is 0.716. The number of rotatable bonds is 4. The van der Waals surface area contributed by atoms with E-state index in [1.54, 1.807) is 12.1 Å². The van der Waals surface area contributed by atoms with Crippen molar-refractivity contribution < 1.29 is 14.7 Å². The molecule has 0 saturated heterocycles. The van der Waals surface area contributed by atoms with E-state index in [-0.39, 0.29) is 11.6 Å². The number of nitrogens with one attached hydrogen (secondary N) is 2. The molecule has 1 aromatic rings. The monoisotopic (exact) mass is 248 g/mol. The largest absolute Gasteiger partial charge is 0.478 e. The van der Waals surface area contributed by atoms with Crippen molar-refractivity contribution in [1.29, 1.82) is 0 Å². The van der Waals surface area contributed by atoms with Crippen LogP contribution in [0.1, 0.15) is 24.2 Å². The van der Waals surface area contributed by atoms with Gasteiger partial charge < -0.3 is 15.7 Å². The van der Waals surface area contributed by atoms with Crippen LogP contribution in [0.25, 0.3) is 0 Å². The summed E-state index contributed by atoms with van der Waals surface area (Å²) < 4.78 is 0. The normalized spacial score (nSPS) is 9.44. The van der Waals surface area contributed by atoms with Gasteiger partial charge in [0.1, 0.15) is 0 Å². The highest BCUT2D eigenvalue weighted by Gasteiger charge is 2.05. The highest BCUT2D eigenvalue weighted by atomic mass is 16.4. The first-order chi connectivity index (χ1) is 8.49. The lowest BCUT2D eigenvalue weighted by molar-refractivity contribution is 0.0697. The molecule has 5 nitrogen and oxygen atoms in total. The number of anilines is 1. The van der Waals surface area contributed by atoms with Gasteiger partial charge in [-0.3, -0.25) is 0 Å². The summed E-state index contributed by atoms with van der Waals surface area (Å²) in [5.41, 5.74) is 1.70. The van der Waals surface area contributed by atoms with Crippen LogP contribution in [0.4, 0.5) is 10.5 Å². The van der Waals surface area contributed by atoms with Crippen molar-refractivity contribution in [1.82, 2.24) is 5.32 Å². The van der Waals surface area contributed by atoms with Crippen molar-refractivity contribution >= 4 is 17.7 Å². The topological polar surface area (TPSA) is 78.4 Å². The van der Waals surface area contributed by atoms with E-state index < -0.39 is 5.97 Å². The average molecular weight is 248 g/mol. The van der Waals surface area contributed by atoms with Crippen LogP contribution in [-0.4, -0.2) is 23.7 Å². The van der Waals surface area contributed by atoms with Gasteiger partial charge in [-0.05, 0) is 32.0 Å². The van der Waals surface area contributed by atoms with E-state index in [0.717, 1.165) is 5.57 Å². The summed E-state index contributed by atoms with van der Waals surface area (Å²) in [5.74, 6) is -1.02. The molecule has 0 aromatic heterocycles. The summed E-state index contributed by atoms with van der Waals surface area (Å²) in [7, 11) is 0. The maximum atomic E-state index is 11.5. The predicted octanol–water partition coefficient (Wildman–Crippen LogP) is 2.47. The van der Waals surface area contributed by atoms with E-state index in [0.29, 0.717) is 12.2 Å². The van der Waals surface area contributed by atoms with Crippen LogP contribution in [0, 0.1) is 0 Å². The number of benzene rings is 1. The van der Waals surface area contributed by atoms with Crippen molar-refractivity contribution in [3.8, 4) is 0 Å². The van der Waals surface area contributed by atoms with Crippen molar-refractivity contribution in [3.63, 3.8) is 0 Å². The number of carboxylic acids is 1. The standard InChI is InChI=1S/C13H16N2O3/c1-9(2)6-7-14-13(18)15-11-5-3-4-10(8-11)12(16)17/h3-6,8H,7H2,1-2H3,(H,16,17)(H2,14,15,18). The van der Waals surface area contributed by atoms with Crippen LogP contribution in [0.3, 0.4) is 0 Å². The first kappa shape index (κ1) is 13.8. The summed E-state index contributed by atoms with van der Waals surface area (Å²) in [6.45, 7) is 4.32. The molecule has 0 aliphatic heterocycles. The van der Waals surface area contributed by atoms with Gasteiger partial charge in [0.25, 0.3) is 0 Å². The molecule has 0 atom stereocenters. The lowest BCUT2D eigenvalue weighted by Gasteiger charge is -2.06. The minimum Gasteiger partial charge on any atom is -0.478 e. The van der Waals surface area contributed by atoms with Gasteiger partial charge in [-0.2, -0.15) is 0 Å². The fraction of sp³-hybridized carbons (Fsp3) is 0.231. The Labute approximate surface area is 106 Å². The third kappa shape index (κ3) is 4.69. The molecule has 0 heterocycles. The molecule has 0 aliphatic rings. The molecule has 3 N–H and O–H groups in total. The Morgan fingerprint density at radius 2 is 2.06 bits per heavy atom.